The van der Waals surface area contributed by atoms with Gasteiger partial charge < -0.3 is 4.42 Å². The Hall–Kier alpha value is -1.35. The lowest BCUT2D eigenvalue weighted by molar-refractivity contribution is 0.103. The van der Waals surface area contributed by atoms with Gasteiger partial charge in [-0.3, -0.25) is 4.79 Å². The lowest BCUT2D eigenvalue weighted by Crippen LogP contribution is -1.99. The van der Waals surface area contributed by atoms with Crippen LogP contribution < -0.4 is 0 Å². The SMILES string of the molecule is Cc1cc(C(=O)c2csc(C)c2)c(C)o1. The molecule has 0 unspecified atom stereocenters. The molecule has 0 atom stereocenters. The van der Waals surface area contributed by atoms with Gasteiger partial charge in [0.2, 0.25) is 0 Å². The summed E-state index contributed by atoms with van der Waals surface area (Å²) in [6, 6.07) is 3.71. The molecule has 2 aromatic rings. The fraction of sp³-hybridized carbons (Fsp3) is 0.250. The normalized spacial score (nSPS) is 10.6. The summed E-state index contributed by atoms with van der Waals surface area (Å²) < 4.78 is 5.35. The summed E-state index contributed by atoms with van der Waals surface area (Å²) in [5.74, 6) is 1.53. The largest absolute Gasteiger partial charge is 0.466 e. The molecule has 0 amide bonds. The van der Waals surface area contributed by atoms with Gasteiger partial charge in [-0.1, -0.05) is 0 Å². The molecule has 78 valence electrons. The van der Waals surface area contributed by atoms with Crippen molar-refractivity contribution in [3.05, 3.63) is 45.0 Å². The fourth-order valence-corrected chi connectivity index (χ4v) is 2.26. The molecule has 3 heteroatoms. The monoisotopic (exact) mass is 220 g/mol. The van der Waals surface area contributed by atoms with E-state index in [1.165, 1.54) is 0 Å². The molecular formula is C12H12O2S. The quantitative estimate of drug-likeness (QED) is 0.725. The number of hydrogen-bond acceptors (Lipinski definition) is 3. The number of carbonyl (C=O) groups is 1. The molecule has 0 spiro atoms. The Morgan fingerprint density at radius 2 is 2.00 bits per heavy atom. The zero-order valence-electron chi connectivity index (χ0n) is 8.96. The molecule has 0 bridgehead atoms. The fourth-order valence-electron chi connectivity index (χ4n) is 1.57. The number of rotatable bonds is 2. The third-order valence-corrected chi connectivity index (χ3v) is 3.14. The summed E-state index contributed by atoms with van der Waals surface area (Å²) >= 11 is 1.59. The second kappa shape index (κ2) is 3.66. The molecular weight excluding hydrogens is 208 g/mol. The summed E-state index contributed by atoms with van der Waals surface area (Å²) in [7, 11) is 0. The van der Waals surface area contributed by atoms with Crippen LogP contribution in [0.2, 0.25) is 0 Å². The number of ketones is 1. The zero-order chi connectivity index (χ0) is 11.0. The maximum atomic E-state index is 12.0. The average molecular weight is 220 g/mol. The molecule has 0 saturated heterocycles. The van der Waals surface area contributed by atoms with Crippen LogP contribution in [0.5, 0.6) is 0 Å². The predicted octanol–water partition coefficient (Wildman–Crippen LogP) is 3.50. The van der Waals surface area contributed by atoms with Crippen LogP contribution in [0.25, 0.3) is 0 Å². The van der Waals surface area contributed by atoms with Crippen LogP contribution >= 0.6 is 11.3 Å². The Balaban J connectivity index is 2.40. The van der Waals surface area contributed by atoms with Crippen LogP contribution in [0.3, 0.4) is 0 Å². The highest BCUT2D eigenvalue weighted by atomic mass is 32.1. The summed E-state index contributed by atoms with van der Waals surface area (Å²) in [6.45, 7) is 5.66. The molecule has 2 aromatic heterocycles. The van der Waals surface area contributed by atoms with Crippen molar-refractivity contribution in [2.24, 2.45) is 0 Å². The van der Waals surface area contributed by atoms with E-state index in [0.29, 0.717) is 11.3 Å². The number of carbonyl (C=O) groups excluding carboxylic acids is 1. The van der Waals surface area contributed by atoms with Gasteiger partial charge in [-0.2, -0.15) is 0 Å². The molecule has 15 heavy (non-hydrogen) atoms. The van der Waals surface area contributed by atoms with Crippen molar-refractivity contribution in [3.8, 4) is 0 Å². The number of thiophene rings is 1. The van der Waals surface area contributed by atoms with Crippen LogP contribution in [0.15, 0.2) is 21.9 Å². The second-order valence-electron chi connectivity index (χ2n) is 3.60. The van der Waals surface area contributed by atoms with E-state index in [4.69, 9.17) is 4.42 Å². The van der Waals surface area contributed by atoms with E-state index in [0.717, 1.165) is 16.2 Å². The number of hydrogen-bond donors (Lipinski definition) is 0. The van der Waals surface area contributed by atoms with E-state index < -0.39 is 0 Å². The molecule has 0 aliphatic carbocycles. The highest BCUT2D eigenvalue weighted by Crippen LogP contribution is 2.21. The predicted molar refractivity (Wildman–Crippen MR) is 60.7 cm³/mol. The van der Waals surface area contributed by atoms with Gasteiger partial charge in [0.15, 0.2) is 5.78 Å². The van der Waals surface area contributed by atoms with Crippen molar-refractivity contribution in [2.45, 2.75) is 20.8 Å². The van der Waals surface area contributed by atoms with Crippen LogP contribution in [0, 0.1) is 20.8 Å². The average Bonchev–Trinajstić information content (AvgIpc) is 2.71. The molecule has 2 nitrogen and oxygen atoms in total. The topological polar surface area (TPSA) is 30.2 Å². The molecule has 2 rings (SSSR count). The third-order valence-electron chi connectivity index (χ3n) is 2.28. The molecule has 2 heterocycles. The maximum absolute atomic E-state index is 12.0. The van der Waals surface area contributed by atoms with Crippen LogP contribution in [-0.2, 0) is 0 Å². The third kappa shape index (κ3) is 1.88. The highest BCUT2D eigenvalue weighted by Gasteiger charge is 2.16. The molecule has 0 fully saturated rings. The van der Waals surface area contributed by atoms with Gasteiger partial charge in [0.05, 0.1) is 5.56 Å². The smallest absolute Gasteiger partial charge is 0.197 e. The minimum atomic E-state index is 0.0497. The lowest BCUT2D eigenvalue weighted by atomic mass is 10.1. The molecule has 0 aliphatic heterocycles. The maximum Gasteiger partial charge on any atom is 0.197 e. The van der Waals surface area contributed by atoms with Crippen molar-refractivity contribution in [1.29, 1.82) is 0 Å². The first kappa shape index (κ1) is 10.2. The number of aryl methyl sites for hydroxylation is 3. The van der Waals surface area contributed by atoms with Crippen molar-refractivity contribution in [2.75, 3.05) is 0 Å². The summed E-state index contributed by atoms with van der Waals surface area (Å²) in [5.41, 5.74) is 1.42. The molecule has 0 aromatic carbocycles. The lowest BCUT2D eigenvalue weighted by Gasteiger charge is -1.94. The van der Waals surface area contributed by atoms with E-state index in [2.05, 4.69) is 0 Å². The minimum Gasteiger partial charge on any atom is -0.466 e. The van der Waals surface area contributed by atoms with E-state index >= 15 is 0 Å². The first-order chi connectivity index (χ1) is 7.08. The van der Waals surface area contributed by atoms with Crippen molar-refractivity contribution in [3.63, 3.8) is 0 Å². The van der Waals surface area contributed by atoms with Gasteiger partial charge in [0, 0.05) is 15.8 Å². The summed E-state index contributed by atoms with van der Waals surface area (Å²) in [6.07, 6.45) is 0. The minimum absolute atomic E-state index is 0.0497. The molecule has 0 saturated carbocycles. The Labute approximate surface area is 92.5 Å². The standard InChI is InChI=1S/C12H12O2S/c1-7-4-11(9(3)14-7)12(13)10-5-8(2)15-6-10/h4-6H,1-3H3. The van der Waals surface area contributed by atoms with Gasteiger partial charge in [0.25, 0.3) is 0 Å². The van der Waals surface area contributed by atoms with Gasteiger partial charge in [-0.05, 0) is 32.9 Å². The van der Waals surface area contributed by atoms with Crippen molar-refractivity contribution < 1.29 is 9.21 Å². The van der Waals surface area contributed by atoms with Gasteiger partial charge in [-0.15, -0.1) is 11.3 Å². The Morgan fingerprint density at radius 1 is 1.27 bits per heavy atom. The summed E-state index contributed by atoms with van der Waals surface area (Å²) in [4.78, 5) is 13.2. The first-order valence-corrected chi connectivity index (χ1v) is 5.63. The van der Waals surface area contributed by atoms with Crippen LogP contribution in [-0.4, -0.2) is 5.78 Å². The second-order valence-corrected chi connectivity index (χ2v) is 4.72. The van der Waals surface area contributed by atoms with E-state index in [1.807, 2.05) is 32.2 Å². The van der Waals surface area contributed by atoms with E-state index in [-0.39, 0.29) is 5.78 Å². The molecule has 0 radical (unpaired) electrons. The van der Waals surface area contributed by atoms with Crippen molar-refractivity contribution in [1.82, 2.24) is 0 Å². The Morgan fingerprint density at radius 3 is 2.47 bits per heavy atom. The van der Waals surface area contributed by atoms with Crippen LogP contribution in [0.4, 0.5) is 0 Å². The molecule has 0 N–H and O–H groups in total. The van der Waals surface area contributed by atoms with E-state index in [9.17, 15) is 4.79 Å². The van der Waals surface area contributed by atoms with Crippen LogP contribution in [0.1, 0.15) is 32.3 Å². The van der Waals surface area contributed by atoms with Crippen molar-refractivity contribution >= 4 is 17.1 Å². The highest BCUT2D eigenvalue weighted by molar-refractivity contribution is 7.10. The Kier molecular flexibility index (Phi) is 2.49. The Bertz CT molecular complexity index is 505. The summed E-state index contributed by atoms with van der Waals surface area (Å²) in [5, 5.41) is 1.89. The first-order valence-electron chi connectivity index (χ1n) is 4.75. The number of furan rings is 1. The van der Waals surface area contributed by atoms with Gasteiger partial charge in [-0.25, -0.2) is 0 Å². The zero-order valence-corrected chi connectivity index (χ0v) is 9.77. The van der Waals surface area contributed by atoms with E-state index in [1.54, 1.807) is 17.4 Å². The van der Waals surface area contributed by atoms with Gasteiger partial charge in [0.1, 0.15) is 11.5 Å². The van der Waals surface area contributed by atoms with Gasteiger partial charge >= 0.3 is 0 Å². The molecule has 0 aliphatic rings.